The fourth-order valence-electron chi connectivity index (χ4n) is 3.41. The molecule has 2 N–H and O–H groups in total. The van der Waals surface area contributed by atoms with Crippen LogP contribution in [0.25, 0.3) is 11.0 Å². The molecule has 136 valence electrons. The van der Waals surface area contributed by atoms with Crippen LogP contribution < -0.4 is 5.73 Å². The molecule has 3 rings (SSSR count). The average Bonchev–Trinajstić information content (AvgIpc) is 2.91. The van der Waals surface area contributed by atoms with E-state index in [1.165, 1.54) is 0 Å². The third kappa shape index (κ3) is 3.49. The Morgan fingerprint density at radius 3 is 2.72 bits per heavy atom. The lowest BCUT2D eigenvalue weighted by Gasteiger charge is -2.39. The first-order chi connectivity index (χ1) is 11.8. The van der Waals surface area contributed by atoms with Crippen molar-refractivity contribution >= 4 is 16.9 Å². The molecule has 25 heavy (non-hydrogen) atoms. The van der Waals surface area contributed by atoms with E-state index in [9.17, 15) is 18.0 Å². The van der Waals surface area contributed by atoms with Gasteiger partial charge in [0.2, 0.25) is 5.91 Å². The average molecular weight is 354 g/mol. The molecular weight excluding hydrogens is 333 g/mol. The van der Waals surface area contributed by atoms with E-state index in [1.54, 1.807) is 4.57 Å². The van der Waals surface area contributed by atoms with Gasteiger partial charge in [-0.3, -0.25) is 4.79 Å². The van der Waals surface area contributed by atoms with Crippen LogP contribution in [0, 0.1) is 0 Å². The van der Waals surface area contributed by atoms with Gasteiger partial charge in [0.15, 0.2) is 0 Å². The molecule has 1 aliphatic heterocycles. The molecule has 0 saturated carbocycles. The second-order valence-corrected chi connectivity index (χ2v) is 6.40. The van der Waals surface area contributed by atoms with Crippen molar-refractivity contribution < 1.29 is 18.0 Å². The van der Waals surface area contributed by atoms with E-state index in [0.29, 0.717) is 12.2 Å². The summed E-state index contributed by atoms with van der Waals surface area (Å²) in [6.45, 7) is 1.66. The molecule has 1 amide bonds. The van der Waals surface area contributed by atoms with Gasteiger partial charge in [-0.05, 0) is 25.0 Å². The Morgan fingerprint density at radius 1 is 1.32 bits per heavy atom. The number of aromatic nitrogens is 2. The first-order valence-corrected chi connectivity index (χ1v) is 8.37. The van der Waals surface area contributed by atoms with E-state index in [0.717, 1.165) is 15.9 Å². The van der Waals surface area contributed by atoms with E-state index >= 15 is 0 Å². The van der Waals surface area contributed by atoms with E-state index in [1.807, 2.05) is 31.2 Å². The molecule has 0 radical (unpaired) electrons. The van der Waals surface area contributed by atoms with E-state index < -0.39 is 24.2 Å². The number of halogens is 3. The van der Waals surface area contributed by atoms with E-state index in [-0.39, 0.29) is 25.9 Å². The number of carbonyl (C=O) groups is 1. The minimum atomic E-state index is -4.44. The summed E-state index contributed by atoms with van der Waals surface area (Å²) in [6.07, 6.45) is -3.74. The molecule has 1 aliphatic rings. The van der Waals surface area contributed by atoms with Gasteiger partial charge < -0.3 is 15.2 Å². The van der Waals surface area contributed by atoms with Crippen molar-refractivity contribution in [3.05, 3.63) is 30.1 Å². The van der Waals surface area contributed by atoms with Crippen LogP contribution in [0.1, 0.15) is 25.6 Å². The minimum absolute atomic E-state index is 0.0723. The quantitative estimate of drug-likeness (QED) is 0.921. The topological polar surface area (TPSA) is 64.2 Å². The van der Waals surface area contributed by atoms with Crippen LogP contribution >= 0.6 is 0 Å². The van der Waals surface area contributed by atoms with Crippen molar-refractivity contribution in [3.63, 3.8) is 0 Å². The maximum absolute atomic E-state index is 13.3. The zero-order chi connectivity index (χ0) is 18.2. The summed E-state index contributed by atoms with van der Waals surface area (Å²) in [5, 5.41) is 0. The van der Waals surface area contributed by atoms with Gasteiger partial charge >= 0.3 is 6.18 Å². The summed E-state index contributed by atoms with van der Waals surface area (Å²) in [5.41, 5.74) is 7.29. The lowest BCUT2D eigenvalue weighted by atomic mass is 9.98. The van der Waals surface area contributed by atoms with Gasteiger partial charge in [-0.2, -0.15) is 13.2 Å². The van der Waals surface area contributed by atoms with Crippen molar-refractivity contribution in [3.8, 4) is 0 Å². The molecule has 0 spiro atoms. The van der Waals surface area contributed by atoms with Gasteiger partial charge in [0.1, 0.15) is 18.4 Å². The molecule has 0 unspecified atom stereocenters. The van der Waals surface area contributed by atoms with E-state index in [2.05, 4.69) is 4.98 Å². The smallest absolute Gasteiger partial charge is 0.327 e. The SMILES string of the molecule is CCc1nc2ccccc2n1CC(=O)N1C[C@H](N)CC[C@@H]1C(F)(F)F. The van der Waals surface area contributed by atoms with Crippen LogP contribution in [0.4, 0.5) is 13.2 Å². The number of piperidine rings is 1. The predicted molar refractivity (Wildman–Crippen MR) is 87.9 cm³/mol. The normalized spacial score (nSPS) is 21.7. The maximum Gasteiger partial charge on any atom is 0.408 e. The number of hydrogen-bond donors (Lipinski definition) is 1. The number of rotatable bonds is 3. The van der Waals surface area contributed by atoms with Gasteiger partial charge in [0, 0.05) is 19.0 Å². The number of likely N-dealkylation sites (tertiary alicyclic amines) is 1. The van der Waals surface area contributed by atoms with Gasteiger partial charge in [-0.15, -0.1) is 0 Å². The number of benzene rings is 1. The van der Waals surface area contributed by atoms with Gasteiger partial charge in [-0.1, -0.05) is 19.1 Å². The Balaban J connectivity index is 1.90. The third-order valence-electron chi connectivity index (χ3n) is 4.66. The lowest BCUT2D eigenvalue weighted by Crippen LogP contribution is -2.57. The standard InChI is InChI=1S/C17H21F3N4O/c1-2-15-22-12-5-3-4-6-13(12)23(15)10-16(25)24-9-11(21)7-8-14(24)17(18,19)20/h3-6,11,14H,2,7-10,21H2,1H3/t11-,14-/m1/s1. The molecule has 2 atom stereocenters. The predicted octanol–water partition coefficient (Wildman–Crippen LogP) is 2.48. The number of imidazole rings is 1. The highest BCUT2D eigenvalue weighted by molar-refractivity contribution is 5.81. The number of hydrogen-bond acceptors (Lipinski definition) is 3. The van der Waals surface area contributed by atoms with Crippen molar-refractivity contribution in [2.45, 2.75) is 51.0 Å². The van der Waals surface area contributed by atoms with Crippen LogP contribution in [-0.2, 0) is 17.8 Å². The van der Waals surface area contributed by atoms with E-state index in [4.69, 9.17) is 5.73 Å². The molecular formula is C17H21F3N4O. The van der Waals surface area contributed by atoms with Gasteiger partial charge in [0.05, 0.1) is 11.0 Å². The molecule has 0 aliphatic carbocycles. The molecule has 1 aromatic heterocycles. The molecule has 8 heteroatoms. The highest BCUT2D eigenvalue weighted by Crippen LogP contribution is 2.32. The van der Waals surface area contributed by atoms with Crippen LogP contribution in [-0.4, -0.2) is 45.2 Å². The Bertz CT molecular complexity index is 771. The third-order valence-corrected chi connectivity index (χ3v) is 4.66. The number of nitrogens with zero attached hydrogens (tertiary/aromatic N) is 3. The van der Waals surface area contributed by atoms with Crippen molar-refractivity contribution in [2.24, 2.45) is 5.73 Å². The first-order valence-electron chi connectivity index (χ1n) is 8.37. The monoisotopic (exact) mass is 354 g/mol. The number of carbonyl (C=O) groups excluding carboxylic acids is 1. The number of amides is 1. The summed E-state index contributed by atoms with van der Waals surface area (Å²) in [5.74, 6) is 0.106. The first kappa shape index (κ1) is 17.7. The highest BCUT2D eigenvalue weighted by atomic mass is 19.4. The van der Waals surface area contributed by atoms with Crippen LogP contribution in [0.5, 0.6) is 0 Å². The second-order valence-electron chi connectivity index (χ2n) is 6.40. The number of alkyl halides is 3. The lowest BCUT2D eigenvalue weighted by molar-refractivity contribution is -0.197. The summed E-state index contributed by atoms with van der Waals surface area (Å²) in [4.78, 5) is 18.1. The maximum atomic E-state index is 13.3. The molecule has 2 heterocycles. The Labute approximate surface area is 143 Å². The summed E-state index contributed by atoms with van der Waals surface area (Å²) >= 11 is 0. The van der Waals surface area contributed by atoms with Crippen LogP contribution in [0.2, 0.25) is 0 Å². The minimum Gasteiger partial charge on any atom is -0.327 e. The molecule has 1 saturated heterocycles. The number of para-hydroxylation sites is 2. The van der Waals surface area contributed by atoms with Crippen LogP contribution in [0.15, 0.2) is 24.3 Å². The second kappa shape index (κ2) is 6.67. The number of nitrogens with two attached hydrogens (primary N) is 1. The van der Waals surface area contributed by atoms with Crippen molar-refractivity contribution in [2.75, 3.05) is 6.54 Å². The number of fused-ring (bicyclic) bond motifs is 1. The molecule has 5 nitrogen and oxygen atoms in total. The molecule has 1 aromatic carbocycles. The Morgan fingerprint density at radius 2 is 2.04 bits per heavy atom. The van der Waals surface area contributed by atoms with Gasteiger partial charge in [0.25, 0.3) is 0 Å². The zero-order valence-electron chi connectivity index (χ0n) is 14.0. The van der Waals surface area contributed by atoms with Gasteiger partial charge in [-0.25, -0.2) is 4.98 Å². The summed E-state index contributed by atoms with van der Waals surface area (Å²) in [7, 11) is 0. The fourth-order valence-corrected chi connectivity index (χ4v) is 3.41. The molecule has 1 fully saturated rings. The summed E-state index contributed by atoms with van der Waals surface area (Å²) < 4.78 is 41.6. The highest BCUT2D eigenvalue weighted by Gasteiger charge is 2.47. The van der Waals surface area contributed by atoms with Crippen LogP contribution in [0.3, 0.4) is 0 Å². The number of aryl methyl sites for hydroxylation is 1. The molecule has 0 bridgehead atoms. The Hall–Kier alpha value is -2.09. The fraction of sp³-hybridized carbons (Fsp3) is 0.529. The van der Waals surface area contributed by atoms with Crippen molar-refractivity contribution in [1.29, 1.82) is 0 Å². The van der Waals surface area contributed by atoms with Crippen molar-refractivity contribution in [1.82, 2.24) is 14.5 Å². The zero-order valence-corrected chi connectivity index (χ0v) is 14.0. The summed E-state index contributed by atoms with van der Waals surface area (Å²) in [6, 6.07) is 5.11. The molecule has 2 aromatic rings. The Kier molecular flexibility index (Phi) is 4.73. The largest absolute Gasteiger partial charge is 0.408 e.